The molecule has 1 aromatic heterocycles. The number of carbonyl (C=O) groups excluding carboxylic acids is 1. The van der Waals surface area contributed by atoms with Crippen molar-refractivity contribution in [2.75, 3.05) is 26.2 Å². The van der Waals surface area contributed by atoms with Crippen LogP contribution in [0, 0.1) is 0 Å². The van der Waals surface area contributed by atoms with Crippen molar-refractivity contribution in [1.82, 2.24) is 20.0 Å². The number of hydrogen-bond donors (Lipinski definition) is 1. The van der Waals surface area contributed by atoms with Crippen molar-refractivity contribution in [3.8, 4) is 0 Å². The molecule has 0 saturated carbocycles. The highest BCUT2D eigenvalue weighted by molar-refractivity contribution is 5.95. The van der Waals surface area contributed by atoms with Gasteiger partial charge in [-0.3, -0.25) is 9.48 Å². The Labute approximate surface area is 146 Å². The molecule has 1 amide bonds. The van der Waals surface area contributed by atoms with Gasteiger partial charge in [0.05, 0.1) is 11.8 Å². The summed E-state index contributed by atoms with van der Waals surface area (Å²) in [4.78, 5) is 14.5. The van der Waals surface area contributed by atoms with E-state index in [9.17, 15) is 18.0 Å². The number of amides is 1. The van der Waals surface area contributed by atoms with Crippen LogP contribution in [0.1, 0.15) is 61.5 Å². The molecule has 25 heavy (non-hydrogen) atoms. The number of halogens is 3. The fourth-order valence-corrected chi connectivity index (χ4v) is 3.21. The molecule has 1 saturated heterocycles. The molecule has 1 aliphatic rings. The van der Waals surface area contributed by atoms with Crippen LogP contribution in [0.4, 0.5) is 13.2 Å². The summed E-state index contributed by atoms with van der Waals surface area (Å²) >= 11 is 0. The average Bonchev–Trinajstić information content (AvgIpc) is 3.03. The molecule has 142 valence electrons. The lowest BCUT2D eigenvalue weighted by molar-refractivity contribution is -0.144. The summed E-state index contributed by atoms with van der Waals surface area (Å²) in [5.74, 6) is -0.706. The molecule has 1 fully saturated rings. The minimum absolute atomic E-state index is 0.0681. The van der Waals surface area contributed by atoms with E-state index in [0.717, 1.165) is 36.7 Å². The Morgan fingerprint density at radius 1 is 1.20 bits per heavy atom. The van der Waals surface area contributed by atoms with Gasteiger partial charge in [-0.05, 0) is 52.2 Å². The first kappa shape index (κ1) is 19.8. The molecular formula is C17H27F3N4O. The van der Waals surface area contributed by atoms with Gasteiger partial charge in [-0.2, -0.15) is 18.3 Å². The lowest BCUT2D eigenvalue weighted by atomic mass is 10.1. The molecule has 0 unspecified atom stereocenters. The van der Waals surface area contributed by atoms with E-state index < -0.39 is 23.3 Å². The Balaban J connectivity index is 1.72. The summed E-state index contributed by atoms with van der Waals surface area (Å²) in [6, 6.07) is 0. The van der Waals surface area contributed by atoms with Crippen molar-refractivity contribution in [3.05, 3.63) is 17.5 Å². The van der Waals surface area contributed by atoms with Gasteiger partial charge in [-0.1, -0.05) is 12.8 Å². The van der Waals surface area contributed by atoms with Crippen molar-refractivity contribution in [1.29, 1.82) is 0 Å². The highest BCUT2D eigenvalue weighted by Gasteiger charge is 2.39. The maximum atomic E-state index is 13.1. The highest BCUT2D eigenvalue weighted by atomic mass is 19.4. The lowest BCUT2D eigenvalue weighted by Gasteiger charge is -2.26. The molecule has 1 aliphatic heterocycles. The standard InChI is InChI=1S/C17H27F3N4O/c1-2-24-15(17(18,19)20)14(13-22-24)16(25)21-9-5-3-6-10-23-11-7-4-8-12-23/h13H,2-12H2,1H3,(H,21,25). The van der Waals surface area contributed by atoms with E-state index in [2.05, 4.69) is 15.3 Å². The number of nitrogens with one attached hydrogen (secondary N) is 1. The maximum absolute atomic E-state index is 13.1. The number of alkyl halides is 3. The summed E-state index contributed by atoms with van der Waals surface area (Å²) in [5.41, 5.74) is -1.37. The normalized spacial score (nSPS) is 16.2. The molecule has 0 bridgehead atoms. The van der Waals surface area contributed by atoms with Crippen LogP contribution in [-0.4, -0.2) is 46.8 Å². The van der Waals surface area contributed by atoms with Gasteiger partial charge in [0.2, 0.25) is 0 Å². The summed E-state index contributed by atoms with van der Waals surface area (Å²) in [7, 11) is 0. The molecular weight excluding hydrogens is 333 g/mol. The van der Waals surface area contributed by atoms with Crippen LogP contribution in [0.3, 0.4) is 0 Å². The topological polar surface area (TPSA) is 50.2 Å². The van der Waals surface area contributed by atoms with E-state index in [1.807, 2.05) is 0 Å². The SMILES string of the molecule is CCn1ncc(C(=O)NCCCCCN2CCCCC2)c1C(F)(F)F. The zero-order chi connectivity index (χ0) is 18.3. The van der Waals surface area contributed by atoms with E-state index in [1.54, 1.807) is 6.92 Å². The van der Waals surface area contributed by atoms with Gasteiger partial charge in [0.1, 0.15) is 0 Å². The number of carbonyl (C=O) groups is 1. The predicted octanol–water partition coefficient (Wildman–Crippen LogP) is 3.31. The Morgan fingerprint density at radius 3 is 2.56 bits per heavy atom. The van der Waals surface area contributed by atoms with E-state index >= 15 is 0 Å². The van der Waals surface area contributed by atoms with Crippen LogP contribution < -0.4 is 5.32 Å². The number of aryl methyl sites for hydroxylation is 1. The second-order valence-electron chi connectivity index (χ2n) is 6.44. The number of likely N-dealkylation sites (tertiary alicyclic amines) is 1. The van der Waals surface area contributed by atoms with Crippen LogP contribution in [0.2, 0.25) is 0 Å². The van der Waals surface area contributed by atoms with Crippen LogP contribution in [-0.2, 0) is 12.7 Å². The molecule has 0 atom stereocenters. The minimum atomic E-state index is -4.59. The molecule has 0 spiro atoms. The molecule has 0 radical (unpaired) electrons. The summed E-state index contributed by atoms with van der Waals surface area (Å²) in [6.45, 7) is 5.41. The minimum Gasteiger partial charge on any atom is -0.352 e. The number of hydrogen-bond acceptors (Lipinski definition) is 3. The van der Waals surface area contributed by atoms with Gasteiger partial charge < -0.3 is 10.2 Å². The third-order valence-electron chi connectivity index (χ3n) is 4.54. The molecule has 1 aromatic rings. The maximum Gasteiger partial charge on any atom is 0.433 e. The first-order valence-corrected chi connectivity index (χ1v) is 9.07. The van der Waals surface area contributed by atoms with Crippen LogP contribution >= 0.6 is 0 Å². The van der Waals surface area contributed by atoms with Crippen molar-refractivity contribution < 1.29 is 18.0 Å². The molecule has 0 aromatic carbocycles. The Morgan fingerprint density at radius 2 is 1.92 bits per heavy atom. The third-order valence-corrected chi connectivity index (χ3v) is 4.54. The number of rotatable bonds is 8. The van der Waals surface area contributed by atoms with Crippen molar-refractivity contribution in [2.45, 2.75) is 58.2 Å². The van der Waals surface area contributed by atoms with Crippen LogP contribution in [0.25, 0.3) is 0 Å². The largest absolute Gasteiger partial charge is 0.433 e. The average molecular weight is 360 g/mol. The molecule has 1 N–H and O–H groups in total. The quantitative estimate of drug-likeness (QED) is 0.724. The zero-order valence-electron chi connectivity index (χ0n) is 14.7. The molecule has 8 heteroatoms. The molecule has 5 nitrogen and oxygen atoms in total. The first-order valence-electron chi connectivity index (χ1n) is 9.07. The van der Waals surface area contributed by atoms with Gasteiger partial charge in [0.15, 0.2) is 5.69 Å². The zero-order valence-corrected chi connectivity index (χ0v) is 14.7. The Bertz CT molecular complexity index is 551. The number of nitrogens with zero attached hydrogens (tertiary/aromatic N) is 3. The summed E-state index contributed by atoms with van der Waals surface area (Å²) < 4.78 is 40.1. The fraction of sp³-hybridized carbons (Fsp3) is 0.765. The number of aromatic nitrogens is 2. The fourth-order valence-electron chi connectivity index (χ4n) is 3.21. The van der Waals surface area contributed by atoms with E-state index in [-0.39, 0.29) is 6.54 Å². The monoisotopic (exact) mass is 360 g/mol. The molecule has 2 heterocycles. The number of piperidine rings is 1. The van der Waals surface area contributed by atoms with Gasteiger partial charge >= 0.3 is 6.18 Å². The lowest BCUT2D eigenvalue weighted by Crippen LogP contribution is -2.30. The first-order chi connectivity index (χ1) is 11.9. The Kier molecular flexibility index (Phi) is 7.28. The highest BCUT2D eigenvalue weighted by Crippen LogP contribution is 2.31. The van der Waals surface area contributed by atoms with Crippen molar-refractivity contribution in [3.63, 3.8) is 0 Å². The smallest absolute Gasteiger partial charge is 0.352 e. The second-order valence-corrected chi connectivity index (χ2v) is 6.44. The Hall–Kier alpha value is -1.57. The van der Waals surface area contributed by atoms with E-state index in [0.29, 0.717) is 6.54 Å². The second kappa shape index (κ2) is 9.22. The molecule has 0 aliphatic carbocycles. The van der Waals surface area contributed by atoms with Gasteiger partial charge in [-0.25, -0.2) is 0 Å². The van der Waals surface area contributed by atoms with Crippen LogP contribution in [0.15, 0.2) is 6.20 Å². The number of unbranched alkanes of at least 4 members (excludes halogenated alkanes) is 2. The van der Waals surface area contributed by atoms with Gasteiger partial charge in [0.25, 0.3) is 5.91 Å². The summed E-state index contributed by atoms with van der Waals surface area (Å²) in [6.07, 6.45) is 3.03. The third kappa shape index (κ3) is 5.73. The van der Waals surface area contributed by atoms with Gasteiger partial charge in [-0.15, -0.1) is 0 Å². The van der Waals surface area contributed by atoms with E-state index in [4.69, 9.17) is 0 Å². The van der Waals surface area contributed by atoms with Gasteiger partial charge in [0, 0.05) is 13.1 Å². The summed E-state index contributed by atoms with van der Waals surface area (Å²) in [5, 5.41) is 6.24. The van der Waals surface area contributed by atoms with Crippen molar-refractivity contribution in [2.24, 2.45) is 0 Å². The predicted molar refractivity (Wildman–Crippen MR) is 89.4 cm³/mol. The molecule has 2 rings (SSSR count). The van der Waals surface area contributed by atoms with Crippen LogP contribution in [0.5, 0.6) is 0 Å². The van der Waals surface area contributed by atoms with Crippen molar-refractivity contribution >= 4 is 5.91 Å². The van der Waals surface area contributed by atoms with E-state index in [1.165, 1.54) is 32.4 Å².